The fraction of sp³-hybridized carbons (Fsp3) is 0.174. The van der Waals surface area contributed by atoms with Gasteiger partial charge in [-0.1, -0.05) is 0 Å². The van der Waals surface area contributed by atoms with Crippen molar-refractivity contribution in [1.29, 1.82) is 0 Å². The second kappa shape index (κ2) is 9.29. The molecule has 4 heterocycles. The van der Waals surface area contributed by atoms with Crippen LogP contribution in [0.3, 0.4) is 0 Å². The van der Waals surface area contributed by atoms with Gasteiger partial charge in [0.2, 0.25) is 0 Å². The Morgan fingerprint density at radius 2 is 1.76 bits per heavy atom. The van der Waals surface area contributed by atoms with Crippen LogP contribution in [-0.2, 0) is 23.8 Å². The zero-order valence-corrected chi connectivity index (χ0v) is 20.8. The van der Waals surface area contributed by atoms with Gasteiger partial charge in [0.15, 0.2) is 5.65 Å². The van der Waals surface area contributed by atoms with Crippen molar-refractivity contribution in [2.75, 3.05) is 19.0 Å². The van der Waals surface area contributed by atoms with Crippen molar-refractivity contribution in [2.45, 2.75) is 6.54 Å². The summed E-state index contributed by atoms with van der Waals surface area (Å²) < 4.78 is 57.7. The molecular weight excluding hydrogens is 504 g/mol. The van der Waals surface area contributed by atoms with E-state index in [-0.39, 0.29) is 29.5 Å². The third-order valence-electron chi connectivity index (χ3n) is 5.52. The zero-order valence-electron chi connectivity index (χ0n) is 20.0. The fourth-order valence-corrected chi connectivity index (χ4v) is 4.62. The Hall–Kier alpha value is -4.30. The Morgan fingerprint density at radius 3 is 2.43 bits per heavy atom. The minimum atomic E-state index is -3.90. The second-order valence-corrected chi connectivity index (χ2v) is 10.3. The zero-order chi connectivity index (χ0) is 26.3. The van der Waals surface area contributed by atoms with Gasteiger partial charge >= 0.3 is 10.2 Å². The molecule has 5 aromatic rings. The van der Waals surface area contributed by atoms with E-state index in [4.69, 9.17) is 0 Å². The van der Waals surface area contributed by atoms with Gasteiger partial charge in [-0.05, 0) is 24.3 Å². The highest BCUT2D eigenvalue weighted by Gasteiger charge is 2.23. The maximum Gasteiger partial charge on any atom is 0.308 e. The number of hydrogen-bond acceptors (Lipinski definition) is 8. The van der Waals surface area contributed by atoms with Gasteiger partial charge in [-0.15, -0.1) is 0 Å². The van der Waals surface area contributed by atoms with Gasteiger partial charge in [-0.3, -0.25) is 9.67 Å². The molecule has 0 aliphatic rings. The Balaban J connectivity index is 1.63. The van der Waals surface area contributed by atoms with Crippen LogP contribution in [0, 0.1) is 11.6 Å². The van der Waals surface area contributed by atoms with E-state index in [1.165, 1.54) is 31.4 Å². The average Bonchev–Trinajstić information content (AvgIpc) is 3.50. The number of benzene rings is 1. The van der Waals surface area contributed by atoms with Crippen molar-refractivity contribution in [1.82, 2.24) is 38.0 Å². The molecule has 0 bridgehead atoms. The monoisotopic (exact) mass is 525 g/mol. The van der Waals surface area contributed by atoms with Crippen LogP contribution in [0.15, 0.2) is 61.3 Å². The summed E-state index contributed by atoms with van der Waals surface area (Å²) in [6.45, 7) is -0.169. The largest absolute Gasteiger partial charge is 0.318 e. The standard InChI is InChI=1S/C23H21F2N9O2S/c1-31(2)37(35,36)34-7-6-26-22(34)14-33(18-9-16(24)8-17(25)10-18)21-5-4-19-23(30-21)29-20(12-27-19)15-11-28-32(3)13-15/h4-13H,14H2,1-3H3. The summed E-state index contributed by atoms with van der Waals surface area (Å²) in [4.78, 5) is 19.2. The molecular formula is C23H21F2N9O2S. The van der Waals surface area contributed by atoms with Crippen molar-refractivity contribution in [3.8, 4) is 11.3 Å². The molecule has 0 atom stereocenters. The lowest BCUT2D eigenvalue weighted by Crippen LogP contribution is -2.31. The number of anilines is 2. The van der Waals surface area contributed by atoms with Gasteiger partial charge in [-0.25, -0.2) is 27.7 Å². The molecule has 4 aromatic heterocycles. The molecule has 0 aliphatic heterocycles. The van der Waals surface area contributed by atoms with E-state index in [1.54, 1.807) is 42.5 Å². The first-order valence-electron chi connectivity index (χ1n) is 10.9. The predicted molar refractivity (Wildman–Crippen MR) is 132 cm³/mol. The van der Waals surface area contributed by atoms with Gasteiger partial charge in [0, 0.05) is 57.1 Å². The average molecular weight is 526 g/mol. The van der Waals surface area contributed by atoms with Crippen molar-refractivity contribution in [3.05, 3.63) is 78.8 Å². The Morgan fingerprint density at radius 1 is 1.00 bits per heavy atom. The molecule has 0 spiro atoms. The number of pyridine rings is 1. The summed E-state index contributed by atoms with van der Waals surface area (Å²) in [5.74, 6) is -1.24. The number of hydrogen-bond donors (Lipinski definition) is 0. The number of halogens is 2. The minimum Gasteiger partial charge on any atom is -0.318 e. The van der Waals surface area contributed by atoms with E-state index < -0.39 is 21.8 Å². The van der Waals surface area contributed by atoms with E-state index >= 15 is 0 Å². The first-order valence-corrected chi connectivity index (χ1v) is 12.3. The van der Waals surface area contributed by atoms with E-state index in [0.717, 1.165) is 32.0 Å². The topological polar surface area (TPSA) is 115 Å². The van der Waals surface area contributed by atoms with Crippen LogP contribution >= 0.6 is 0 Å². The number of rotatable bonds is 7. The molecule has 0 saturated carbocycles. The summed E-state index contributed by atoms with van der Waals surface area (Å²) in [5, 5.41) is 4.14. The molecule has 0 amide bonds. The third-order valence-corrected chi connectivity index (χ3v) is 7.27. The van der Waals surface area contributed by atoms with Gasteiger partial charge in [0.1, 0.15) is 28.8 Å². The third kappa shape index (κ3) is 4.75. The van der Waals surface area contributed by atoms with Crippen LogP contribution in [0.25, 0.3) is 22.4 Å². The highest BCUT2D eigenvalue weighted by atomic mass is 32.2. The number of imidazole rings is 1. The molecule has 14 heteroatoms. The molecule has 5 rings (SSSR count). The lowest BCUT2D eigenvalue weighted by atomic mass is 10.2. The van der Waals surface area contributed by atoms with E-state index in [9.17, 15) is 17.2 Å². The van der Waals surface area contributed by atoms with Crippen LogP contribution in [0.1, 0.15) is 5.82 Å². The van der Waals surface area contributed by atoms with Crippen LogP contribution in [0.5, 0.6) is 0 Å². The maximum atomic E-state index is 14.2. The lowest BCUT2D eigenvalue weighted by molar-refractivity contribution is 0.508. The Bertz CT molecular complexity index is 1700. The van der Waals surface area contributed by atoms with Gasteiger partial charge < -0.3 is 4.90 Å². The smallest absolute Gasteiger partial charge is 0.308 e. The molecule has 37 heavy (non-hydrogen) atoms. The molecule has 1 aromatic carbocycles. The van der Waals surface area contributed by atoms with Crippen molar-refractivity contribution in [2.24, 2.45) is 7.05 Å². The van der Waals surface area contributed by atoms with Gasteiger partial charge in [-0.2, -0.15) is 17.8 Å². The molecule has 190 valence electrons. The SMILES string of the molecule is CN(C)S(=O)(=O)n1ccnc1CN(c1cc(F)cc(F)c1)c1ccc2ncc(-c3cnn(C)c3)nc2n1. The summed E-state index contributed by atoms with van der Waals surface area (Å²) in [7, 11) is 0.667. The van der Waals surface area contributed by atoms with Crippen molar-refractivity contribution < 1.29 is 17.2 Å². The normalized spacial score (nSPS) is 11.9. The van der Waals surface area contributed by atoms with Crippen LogP contribution in [0.2, 0.25) is 0 Å². The summed E-state index contributed by atoms with van der Waals surface area (Å²) in [6.07, 6.45) is 7.66. The van der Waals surface area contributed by atoms with E-state index in [1.807, 2.05) is 0 Å². The molecule has 0 unspecified atom stereocenters. The minimum absolute atomic E-state index is 0.107. The first kappa shape index (κ1) is 24.4. The van der Waals surface area contributed by atoms with Gasteiger partial charge in [0.25, 0.3) is 0 Å². The highest BCUT2D eigenvalue weighted by molar-refractivity contribution is 7.87. The Labute approximate surface area is 210 Å². The van der Waals surface area contributed by atoms with Crippen molar-refractivity contribution in [3.63, 3.8) is 0 Å². The van der Waals surface area contributed by atoms with E-state index in [2.05, 4.69) is 25.0 Å². The number of fused-ring (bicyclic) bond motifs is 1. The summed E-state index contributed by atoms with van der Waals surface area (Å²) in [6, 6.07) is 6.28. The summed E-state index contributed by atoms with van der Waals surface area (Å²) >= 11 is 0. The van der Waals surface area contributed by atoms with E-state index in [0.29, 0.717) is 11.2 Å². The molecule has 0 N–H and O–H groups in total. The lowest BCUT2D eigenvalue weighted by Gasteiger charge is -2.25. The number of nitrogens with zero attached hydrogens (tertiary/aromatic N) is 9. The fourth-order valence-electron chi connectivity index (χ4n) is 3.69. The number of aryl methyl sites for hydroxylation is 1. The molecule has 11 nitrogen and oxygen atoms in total. The molecule has 0 aliphatic carbocycles. The Kier molecular flexibility index (Phi) is 6.13. The number of aromatic nitrogens is 7. The first-order chi connectivity index (χ1) is 17.6. The molecule has 0 fully saturated rings. The highest BCUT2D eigenvalue weighted by Crippen LogP contribution is 2.29. The van der Waals surface area contributed by atoms with Crippen LogP contribution in [-0.4, -0.2) is 60.5 Å². The van der Waals surface area contributed by atoms with Crippen LogP contribution in [0.4, 0.5) is 20.3 Å². The predicted octanol–water partition coefficient (Wildman–Crippen LogP) is 2.89. The van der Waals surface area contributed by atoms with Crippen LogP contribution < -0.4 is 4.90 Å². The van der Waals surface area contributed by atoms with Crippen molar-refractivity contribution >= 4 is 32.9 Å². The summed E-state index contributed by atoms with van der Waals surface area (Å²) in [5.41, 5.74) is 2.17. The van der Waals surface area contributed by atoms with Gasteiger partial charge in [0.05, 0.1) is 24.6 Å². The molecule has 0 radical (unpaired) electrons. The maximum absolute atomic E-state index is 14.2. The molecule has 0 saturated heterocycles. The quantitative estimate of drug-likeness (QED) is 0.319. The second-order valence-electron chi connectivity index (χ2n) is 8.31.